The molecular weight excluding hydrogens is 456 g/mol. The van der Waals surface area contributed by atoms with Crippen molar-refractivity contribution < 1.29 is 9.90 Å². The molecule has 0 saturated carbocycles. The number of hydrogen-bond donors (Lipinski definition) is 3. The van der Waals surface area contributed by atoms with Gasteiger partial charge in [0.2, 0.25) is 0 Å². The van der Waals surface area contributed by atoms with Crippen LogP contribution in [0.5, 0.6) is 0 Å². The second-order valence-corrected chi connectivity index (χ2v) is 8.93. The van der Waals surface area contributed by atoms with Crippen molar-refractivity contribution in [2.75, 3.05) is 5.32 Å². The van der Waals surface area contributed by atoms with E-state index in [1.54, 1.807) is 24.4 Å². The van der Waals surface area contributed by atoms with Gasteiger partial charge in [0.15, 0.2) is 0 Å². The minimum atomic E-state index is -0.201. The van der Waals surface area contributed by atoms with Gasteiger partial charge in [0, 0.05) is 27.1 Å². The van der Waals surface area contributed by atoms with Crippen molar-refractivity contribution in [3.8, 4) is 0 Å². The molecule has 1 amide bonds. The second kappa shape index (κ2) is 10.4. The first-order chi connectivity index (χ1) is 17.2. The molecule has 172 valence electrons. The predicted octanol–water partition coefficient (Wildman–Crippen LogP) is 6.02. The molecule has 0 fully saturated rings. The maximum atomic E-state index is 13.0. The van der Waals surface area contributed by atoms with E-state index in [0.717, 1.165) is 37.6 Å². The van der Waals surface area contributed by atoms with Crippen molar-refractivity contribution in [2.24, 2.45) is 0 Å². The van der Waals surface area contributed by atoms with Crippen LogP contribution >= 0.6 is 11.8 Å². The molecule has 0 radical (unpaired) electrons. The Hall–Kier alpha value is -4.20. The molecule has 0 bridgehead atoms. The first kappa shape index (κ1) is 22.6. The number of rotatable bonds is 7. The standard InChI is InChI=1S/C28H22N4O2S/c33-18-19-6-5-8-21(16-19)30-28(34)24-9-1-2-10-27(24)35-22-12-13-23-25(31-32-26(23)17-22)14-11-20-7-3-4-15-29-20/h1-17,33H,18H2,(H,30,34)(H,31,32)/b14-11+. The minimum Gasteiger partial charge on any atom is -0.392 e. The summed E-state index contributed by atoms with van der Waals surface area (Å²) in [7, 11) is 0. The summed E-state index contributed by atoms with van der Waals surface area (Å²) in [6.45, 7) is -0.0765. The van der Waals surface area contributed by atoms with E-state index in [0.29, 0.717) is 11.3 Å². The number of fused-ring (bicyclic) bond motifs is 1. The molecule has 35 heavy (non-hydrogen) atoms. The fraction of sp³-hybridized carbons (Fsp3) is 0.0357. The number of aromatic nitrogens is 3. The lowest BCUT2D eigenvalue weighted by atomic mass is 10.2. The lowest BCUT2D eigenvalue weighted by Crippen LogP contribution is -2.13. The monoisotopic (exact) mass is 478 g/mol. The van der Waals surface area contributed by atoms with E-state index in [2.05, 4.69) is 20.5 Å². The third kappa shape index (κ3) is 5.32. The molecule has 0 aliphatic carbocycles. The molecule has 3 N–H and O–H groups in total. The summed E-state index contributed by atoms with van der Waals surface area (Å²) in [4.78, 5) is 19.2. The van der Waals surface area contributed by atoms with Crippen LogP contribution in [0.2, 0.25) is 0 Å². The highest BCUT2D eigenvalue weighted by molar-refractivity contribution is 7.99. The molecule has 0 unspecified atom stereocenters. The molecule has 5 rings (SSSR count). The number of aliphatic hydroxyl groups is 1. The summed E-state index contributed by atoms with van der Waals surface area (Å²) < 4.78 is 0. The van der Waals surface area contributed by atoms with Gasteiger partial charge in [-0.15, -0.1) is 0 Å². The number of H-pyrrole nitrogens is 1. The maximum absolute atomic E-state index is 13.0. The average molecular weight is 479 g/mol. The van der Waals surface area contributed by atoms with Crippen LogP contribution in [0.3, 0.4) is 0 Å². The van der Waals surface area contributed by atoms with E-state index in [4.69, 9.17) is 0 Å². The fourth-order valence-electron chi connectivity index (χ4n) is 3.67. The van der Waals surface area contributed by atoms with Gasteiger partial charge < -0.3 is 10.4 Å². The second-order valence-electron chi connectivity index (χ2n) is 7.82. The largest absolute Gasteiger partial charge is 0.392 e. The molecule has 0 saturated heterocycles. The summed E-state index contributed by atoms with van der Waals surface area (Å²) in [5, 5.41) is 20.8. The molecule has 0 atom stereocenters. The molecular formula is C28H22N4O2S. The number of pyridine rings is 1. The van der Waals surface area contributed by atoms with Crippen LogP contribution < -0.4 is 5.32 Å². The number of carbonyl (C=O) groups excluding carboxylic acids is 1. The first-order valence-electron chi connectivity index (χ1n) is 11.0. The van der Waals surface area contributed by atoms with Crippen LogP contribution in [0.15, 0.2) is 101 Å². The van der Waals surface area contributed by atoms with Gasteiger partial charge in [-0.3, -0.25) is 14.9 Å². The van der Waals surface area contributed by atoms with Gasteiger partial charge in [-0.25, -0.2) is 0 Å². The molecule has 0 aliphatic heterocycles. The molecule has 0 aliphatic rings. The first-order valence-corrected chi connectivity index (χ1v) is 11.9. The number of amides is 1. The van der Waals surface area contributed by atoms with Crippen molar-refractivity contribution in [1.82, 2.24) is 15.2 Å². The number of nitrogens with zero attached hydrogens (tertiary/aromatic N) is 2. The van der Waals surface area contributed by atoms with Gasteiger partial charge in [-0.05, 0) is 72.3 Å². The van der Waals surface area contributed by atoms with Gasteiger partial charge >= 0.3 is 0 Å². The minimum absolute atomic E-state index is 0.0765. The highest BCUT2D eigenvalue weighted by Crippen LogP contribution is 2.33. The summed E-state index contributed by atoms with van der Waals surface area (Å²) in [5.41, 5.74) is 4.59. The van der Waals surface area contributed by atoms with Gasteiger partial charge in [-0.2, -0.15) is 5.10 Å². The Bertz CT molecular complexity index is 1510. The number of benzene rings is 3. The van der Waals surface area contributed by atoms with Crippen molar-refractivity contribution in [2.45, 2.75) is 16.4 Å². The molecule has 2 aromatic heterocycles. The lowest BCUT2D eigenvalue weighted by Gasteiger charge is -2.11. The van der Waals surface area contributed by atoms with Gasteiger partial charge in [0.25, 0.3) is 5.91 Å². The molecule has 2 heterocycles. The summed E-state index contributed by atoms with van der Waals surface area (Å²) in [6, 6.07) is 26.6. The third-order valence-electron chi connectivity index (χ3n) is 5.39. The third-order valence-corrected chi connectivity index (χ3v) is 6.46. The SMILES string of the molecule is O=C(Nc1cccc(CO)c1)c1ccccc1Sc1ccc2c(/C=C/c3ccccn3)n[nH]c2c1. The van der Waals surface area contributed by atoms with Crippen molar-refractivity contribution in [3.63, 3.8) is 0 Å². The van der Waals surface area contributed by atoms with Crippen LogP contribution in [0.25, 0.3) is 23.1 Å². The van der Waals surface area contributed by atoms with E-state index in [1.165, 1.54) is 11.8 Å². The fourth-order valence-corrected chi connectivity index (χ4v) is 4.65. The Morgan fingerprint density at radius 1 is 0.971 bits per heavy atom. The zero-order valence-corrected chi connectivity index (χ0v) is 19.5. The highest BCUT2D eigenvalue weighted by Gasteiger charge is 2.13. The van der Waals surface area contributed by atoms with Gasteiger partial charge in [0.05, 0.1) is 29.1 Å². The number of carbonyl (C=O) groups is 1. The van der Waals surface area contributed by atoms with Crippen LogP contribution in [-0.2, 0) is 6.61 Å². The van der Waals surface area contributed by atoms with Crippen LogP contribution in [0.1, 0.15) is 27.3 Å². The number of anilines is 1. The van der Waals surface area contributed by atoms with Crippen molar-refractivity contribution in [1.29, 1.82) is 0 Å². The maximum Gasteiger partial charge on any atom is 0.256 e. The van der Waals surface area contributed by atoms with Crippen molar-refractivity contribution >= 4 is 46.4 Å². The molecule has 7 heteroatoms. The van der Waals surface area contributed by atoms with Gasteiger partial charge in [-0.1, -0.05) is 42.1 Å². The Morgan fingerprint density at radius 3 is 2.71 bits per heavy atom. The highest BCUT2D eigenvalue weighted by atomic mass is 32.2. The van der Waals surface area contributed by atoms with E-state index in [1.807, 2.05) is 78.9 Å². The quantitative estimate of drug-likeness (QED) is 0.266. The molecule has 0 spiro atoms. The summed E-state index contributed by atoms with van der Waals surface area (Å²) >= 11 is 1.52. The van der Waals surface area contributed by atoms with Crippen LogP contribution in [0.4, 0.5) is 5.69 Å². The van der Waals surface area contributed by atoms with Crippen molar-refractivity contribution in [3.05, 3.63) is 114 Å². The Kier molecular flexibility index (Phi) is 6.70. The van der Waals surface area contributed by atoms with Crippen LogP contribution in [0, 0.1) is 0 Å². The molecule has 3 aromatic carbocycles. The van der Waals surface area contributed by atoms with E-state index < -0.39 is 0 Å². The number of aliphatic hydroxyl groups excluding tert-OH is 1. The predicted molar refractivity (Wildman–Crippen MR) is 140 cm³/mol. The Morgan fingerprint density at radius 2 is 1.86 bits per heavy atom. The molecule has 5 aromatic rings. The number of nitrogens with one attached hydrogen (secondary N) is 2. The topological polar surface area (TPSA) is 90.9 Å². The number of hydrogen-bond acceptors (Lipinski definition) is 5. The summed E-state index contributed by atoms with van der Waals surface area (Å²) in [5.74, 6) is -0.201. The Labute approximate surface area is 206 Å². The number of aromatic amines is 1. The Balaban J connectivity index is 1.35. The van der Waals surface area contributed by atoms with Gasteiger partial charge in [0.1, 0.15) is 0 Å². The smallest absolute Gasteiger partial charge is 0.256 e. The average Bonchev–Trinajstić information content (AvgIpc) is 3.30. The van der Waals surface area contributed by atoms with Crippen LogP contribution in [-0.4, -0.2) is 26.2 Å². The van der Waals surface area contributed by atoms with E-state index in [-0.39, 0.29) is 12.5 Å². The lowest BCUT2D eigenvalue weighted by molar-refractivity contribution is 0.102. The normalized spacial score (nSPS) is 11.2. The zero-order chi connectivity index (χ0) is 24.0. The zero-order valence-electron chi connectivity index (χ0n) is 18.7. The van der Waals surface area contributed by atoms with E-state index in [9.17, 15) is 9.90 Å². The summed E-state index contributed by atoms with van der Waals surface area (Å²) in [6.07, 6.45) is 5.64. The van der Waals surface area contributed by atoms with E-state index >= 15 is 0 Å². The molecule has 6 nitrogen and oxygen atoms in total.